The molecule has 0 N–H and O–H groups in total. The molecule has 4 aromatic rings. The number of fused-ring (bicyclic) bond motifs is 3. The molecule has 3 aromatic carbocycles. The van der Waals surface area contributed by atoms with Crippen molar-refractivity contribution in [3.05, 3.63) is 93.8 Å². The summed E-state index contributed by atoms with van der Waals surface area (Å²) in [4.78, 5) is 14.6. The third kappa shape index (κ3) is 3.80. The maximum absolute atomic E-state index is 12.4. The molecule has 0 bridgehead atoms. The summed E-state index contributed by atoms with van der Waals surface area (Å²) in [6, 6.07) is 21.7. The summed E-state index contributed by atoms with van der Waals surface area (Å²) in [6.07, 6.45) is 0. The van der Waals surface area contributed by atoms with E-state index < -0.39 is 0 Å². The van der Waals surface area contributed by atoms with Gasteiger partial charge in [-0.3, -0.25) is 4.90 Å². The van der Waals surface area contributed by atoms with E-state index >= 15 is 0 Å². The van der Waals surface area contributed by atoms with Gasteiger partial charge in [0.05, 0.1) is 12.7 Å². The second-order valence-electron chi connectivity index (χ2n) is 7.88. The summed E-state index contributed by atoms with van der Waals surface area (Å²) >= 11 is 0. The van der Waals surface area contributed by atoms with Crippen LogP contribution in [0.1, 0.15) is 16.7 Å². The molecule has 2 heterocycles. The maximum atomic E-state index is 12.4. The summed E-state index contributed by atoms with van der Waals surface area (Å²) in [5, 5.41) is 0.911. The van der Waals surface area contributed by atoms with Gasteiger partial charge in [0.1, 0.15) is 23.8 Å². The highest BCUT2D eigenvalue weighted by Crippen LogP contribution is 2.36. The molecule has 156 valence electrons. The van der Waals surface area contributed by atoms with Crippen molar-refractivity contribution in [3.8, 4) is 22.6 Å². The van der Waals surface area contributed by atoms with Crippen LogP contribution < -0.4 is 15.1 Å². The van der Waals surface area contributed by atoms with Crippen LogP contribution in [0.15, 0.2) is 75.9 Å². The van der Waals surface area contributed by atoms with Crippen LogP contribution in [0.4, 0.5) is 0 Å². The molecular formula is C26H23NO4. The van der Waals surface area contributed by atoms with Gasteiger partial charge in [-0.05, 0) is 47.9 Å². The summed E-state index contributed by atoms with van der Waals surface area (Å²) in [6.45, 7) is 3.85. The van der Waals surface area contributed by atoms with E-state index in [-0.39, 0.29) is 5.63 Å². The minimum atomic E-state index is -0.360. The molecule has 0 unspecified atom stereocenters. The third-order valence-electron chi connectivity index (χ3n) is 5.66. The van der Waals surface area contributed by atoms with Crippen molar-refractivity contribution in [1.82, 2.24) is 4.90 Å². The fourth-order valence-electron chi connectivity index (χ4n) is 4.08. The average molecular weight is 413 g/mol. The predicted molar refractivity (Wildman–Crippen MR) is 120 cm³/mol. The number of hydrogen-bond donors (Lipinski definition) is 0. The normalized spacial score (nSPS) is 13.6. The van der Waals surface area contributed by atoms with Gasteiger partial charge < -0.3 is 13.9 Å². The highest BCUT2D eigenvalue weighted by Gasteiger charge is 2.23. The number of rotatable bonds is 4. The molecule has 5 nitrogen and oxygen atoms in total. The van der Waals surface area contributed by atoms with E-state index in [2.05, 4.69) is 11.0 Å². The molecule has 0 saturated heterocycles. The van der Waals surface area contributed by atoms with Gasteiger partial charge in [-0.25, -0.2) is 4.79 Å². The molecule has 1 aliphatic heterocycles. The topological polar surface area (TPSA) is 51.9 Å². The monoisotopic (exact) mass is 413 g/mol. The first kappa shape index (κ1) is 19.4. The quantitative estimate of drug-likeness (QED) is 0.434. The first-order valence-corrected chi connectivity index (χ1v) is 10.3. The van der Waals surface area contributed by atoms with Crippen molar-refractivity contribution in [3.63, 3.8) is 0 Å². The molecule has 0 saturated carbocycles. The lowest BCUT2D eigenvalue weighted by Gasteiger charge is -2.29. The zero-order chi connectivity index (χ0) is 21.4. The minimum Gasteiger partial charge on any atom is -0.497 e. The Kier molecular flexibility index (Phi) is 4.96. The highest BCUT2D eigenvalue weighted by atomic mass is 16.5. The predicted octanol–water partition coefficient (Wildman–Crippen LogP) is 5.13. The van der Waals surface area contributed by atoms with E-state index in [1.54, 1.807) is 13.2 Å². The Balaban J connectivity index is 1.54. The second kappa shape index (κ2) is 7.93. The Bertz CT molecular complexity index is 1310. The lowest BCUT2D eigenvalue weighted by atomic mass is 9.98. The van der Waals surface area contributed by atoms with E-state index in [4.69, 9.17) is 13.9 Å². The Morgan fingerprint density at radius 3 is 2.68 bits per heavy atom. The highest BCUT2D eigenvalue weighted by molar-refractivity contribution is 5.95. The number of ether oxygens (including phenoxy) is 2. The van der Waals surface area contributed by atoms with Gasteiger partial charge in [-0.15, -0.1) is 0 Å². The molecule has 1 aromatic heterocycles. The van der Waals surface area contributed by atoms with Crippen molar-refractivity contribution in [2.45, 2.75) is 20.0 Å². The molecule has 0 atom stereocenters. The SMILES string of the molecule is COc1cccc(CN2COc3ccc4c(-c5ccc(C)cc5)cc(=O)oc4c3C2)c1. The van der Waals surface area contributed by atoms with Gasteiger partial charge >= 0.3 is 5.63 Å². The van der Waals surface area contributed by atoms with Crippen molar-refractivity contribution in [1.29, 1.82) is 0 Å². The molecule has 5 rings (SSSR count). The zero-order valence-electron chi connectivity index (χ0n) is 17.6. The van der Waals surface area contributed by atoms with E-state index in [9.17, 15) is 4.79 Å². The Morgan fingerprint density at radius 2 is 1.87 bits per heavy atom. The van der Waals surface area contributed by atoms with E-state index in [1.165, 1.54) is 5.56 Å². The fourth-order valence-corrected chi connectivity index (χ4v) is 4.08. The molecule has 5 heteroatoms. The van der Waals surface area contributed by atoms with Crippen LogP contribution in [0.2, 0.25) is 0 Å². The summed E-state index contributed by atoms with van der Waals surface area (Å²) in [5.74, 6) is 1.59. The molecule has 0 amide bonds. The molecule has 31 heavy (non-hydrogen) atoms. The Labute approximate surface area is 180 Å². The van der Waals surface area contributed by atoms with Crippen molar-refractivity contribution in [2.24, 2.45) is 0 Å². The van der Waals surface area contributed by atoms with Crippen molar-refractivity contribution < 1.29 is 13.9 Å². The van der Waals surface area contributed by atoms with Crippen LogP contribution in [0, 0.1) is 6.92 Å². The smallest absolute Gasteiger partial charge is 0.336 e. The van der Waals surface area contributed by atoms with Crippen LogP contribution >= 0.6 is 0 Å². The largest absolute Gasteiger partial charge is 0.497 e. The van der Waals surface area contributed by atoms with Crippen LogP contribution in [0.5, 0.6) is 11.5 Å². The summed E-state index contributed by atoms with van der Waals surface area (Å²) in [5.41, 5.74) is 5.31. The van der Waals surface area contributed by atoms with Crippen LogP contribution in [-0.2, 0) is 13.1 Å². The van der Waals surface area contributed by atoms with Gasteiger partial charge in [-0.2, -0.15) is 0 Å². The van der Waals surface area contributed by atoms with Crippen LogP contribution in [-0.4, -0.2) is 18.7 Å². The molecule has 0 radical (unpaired) electrons. The minimum absolute atomic E-state index is 0.360. The van der Waals surface area contributed by atoms with Gasteiger partial charge in [0.15, 0.2) is 0 Å². The molecule has 0 aliphatic carbocycles. The lowest BCUT2D eigenvalue weighted by Crippen LogP contribution is -2.31. The van der Waals surface area contributed by atoms with Gasteiger partial charge in [0.25, 0.3) is 0 Å². The summed E-state index contributed by atoms with van der Waals surface area (Å²) < 4.78 is 17.0. The standard InChI is InChI=1S/C26H23NO4/c1-17-6-8-19(9-7-17)22-13-25(28)31-26-21(22)10-11-24-23(26)15-27(16-30-24)14-18-4-3-5-20(12-18)29-2/h3-13H,14-16H2,1-2H3. The third-order valence-corrected chi connectivity index (χ3v) is 5.66. The zero-order valence-corrected chi connectivity index (χ0v) is 17.6. The molecule has 0 fully saturated rings. The first-order valence-electron chi connectivity index (χ1n) is 10.3. The van der Waals surface area contributed by atoms with Crippen LogP contribution in [0.25, 0.3) is 22.1 Å². The van der Waals surface area contributed by atoms with Gasteiger partial charge in [-0.1, -0.05) is 42.0 Å². The Hall–Kier alpha value is -3.57. The summed E-state index contributed by atoms with van der Waals surface area (Å²) in [7, 11) is 1.67. The molecule has 0 spiro atoms. The lowest BCUT2D eigenvalue weighted by molar-refractivity contribution is 0.0889. The number of aryl methyl sites for hydroxylation is 1. The van der Waals surface area contributed by atoms with E-state index in [0.717, 1.165) is 39.1 Å². The molecular weight excluding hydrogens is 390 g/mol. The number of methoxy groups -OCH3 is 1. The van der Waals surface area contributed by atoms with E-state index in [0.29, 0.717) is 25.4 Å². The van der Waals surface area contributed by atoms with Crippen molar-refractivity contribution >= 4 is 11.0 Å². The Morgan fingerprint density at radius 1 is 1.03 bits per heavy atom. The van der Waals surface area contributed by atoms with Crippen molar-refractivity contribution in [2.75, 3.05) is 13.8 Å². The fraction of sp³-hybridized carbons (Fsp3) is 0.192. The van der Waals surface area contributed by atoms with E-state index in [1.807, 2.05) is 61.5 Å². The number of nitrogens with zero attached hydrogens (tertiary/aromatic N) is 1. The van der Waals surface area contributed by atoms with Gasteiger partial charge in [0.2, 0.25) is 0 Å². The number of benzene rings is 3. The van der Waals surface area contributed by atoms with Gasteiger partial charge in [0, 0.05) is 24.5 Å². The van der Waals surface area contributed by atoms with Crippen LogP contribution in [0.3, 0.4) is 0 Å². The molecule has 1 aliphatic rings. The number of hydrogen-bond acceptors (Lipinski definition) is 5. The average Bonchev–Trinajstić information content (AvgIpc) is 2.79. The maximum Gasteiger partial charge on any atom is 0.336 e. The second-order valence-corrected chi connectivity index (χ2v) is 7.88. The first-order chi connectivity index (χ1) is 15.1.